The van der Waals surface area contributed by atoms with Gasteiger partial charge in [-0.05, 0) is 29.7 Å². The molecule has 1 aromatic heterocycles. The summed E-state index contributed by atoms with van der Waals surface area (Å²) >= 11 is 3.44. The zero-order valence-electron chi connectivity index (χ0n) is 16.9. The summed E-state index contributed by atoms with van der Waals surface area (Å²) in [4.78, 5) is 16.7. The monoisotopic (exact) mass is 450 g/mol. The van der Waals surface area contributed by atoms with Crippen LogP contribution in [0.25, 0.3) is 15.6 Å². The summed E-state index contributed by atoms with van der Waals surface area (Å²) in [7, 11) is 0. The van der Waals surface area contributed by atoms with Gasteiger partial charge >= 0.3 is 0 Å². The summed E-state index contributed by atoms with van der Waals surface area (Å²) in [6.45, 7) is 15.8. The molecule has 0 bridgehead atoms. The second-order valence-electron chi connectivity index (χ2n) is 8.88. The smallest absolute Gasteiger partial charge is 0.258 e. The Hall–Kier alpha value is -2.58. The van der Waals surface area contributed by atoms with Crippen LogP contribution in [0.15, 0.2) is 64.0 Å². The molecule has 0 amide bonds. The Morgan fingerprint density at radius 3 is 2.41 bits per heavy atom. The Labute approximate surface area is 179 Å². The molecule has 3 aromatic rings. The number of benzene rings is 2. The molecule has 148 valence electrons. The molecule has 0 spiro atoms. The second kappa shape index (κ2) is 6.74. The molecule has 2 aromatic carbocycles. The lowest BCUT2D eigenvalue weighted by Gasteiger charge is -2.63. The predicted octanol–water partition coefficient (Wildman–Crippen LogP) is 6.37. The van der Waals surface area contributed by atoms with Crippen LogP contribution in [0.5, 0.6) is 5.75 Å². The predicted molar refractivity (Wildman–Crippen MR) is 120 cm³/mol. The summed E-state index contributed by atoms with van der Waals surface area (Å²) in [6.07, 6.45) is 1.83. The van der Waals surface area contributed by atoms with Gasteiger partial charge in [-0.2, -0.15) is 0 Å². The molecule has 5 heteroatoms. The number of halogens is 1. The zero-order valence-corrected chi connectivity index (χ0v) is 18.5. The number of aromatic nitrogens is 1. The van der Waals surface area contributed by atoms with Crippen molar-refractivity contribution in [2.24, 2.45) is 10.8 Å². The van der Waals surface area contributed by atoms with E-state index in [0.29, 0.717) is 5.69 Å². The minimum atomic E-state index is -0.249. The van der Waals surface area contributed by atoms with E-state index in [1.807, 2.05) is 53.2 Å². The number of rotatable bonds is 3. The average Bonchev–Trinajstić information content (AvgIpc) is 2.68. The van der Waals surface area contributed by atoms with Gasteiger partial charge in [-0.15, -0.1) is 0 Å². The molecule has 1 aliphatic rings. The van der Waals surface area contributed by atoms with E-state index in [2.05, 4.69) is 48.5 Å². The molecule has 4 nitrogen and oxygen atoms in total. The highest BCUT2D eigenvalue weighted by atomic mass is 79.9. The minimum Gasteiger partial charge on any atom is -0.489 e. The summed E-state index contributed by atoms with van der Waals surface area (Å²) in [5.74, 6) is 0.722. The van der Waals surface area contributed by atoms with E-state index < -0.39 is 0 Å². The van der Waals surface area contributed by atoms with Crippen LogP contribution < -0.4 is 10.3 Å². The topological polar surface area (TPSA) is 35.6 Å². The molecule has 0 radical (unpaired) electrons. The summed E-state index contributed by atoms with van der Waals surface area (Å²) in [6, 6.07) is 15.2. The Kier molecular flexibility index (Phi) is 4.59. The van der Waals surface area contributed by atoms with Crippen molar-refractivity contribution in [2.45, 2.75) is 39.8 Å². The van der Waals surface area contributed by atoms with E-state index >= 15 is 0 Å². The fourth-order valence-electron chi connectivity index (χ4n) is 5.32. The maximum absolute atomic E-state index is 13.2. The van der Waals surface area contributed by atoms with E-state index in [1.165, 1.54) is 0 Å². The first kappa shape index (κ1) is 19.7. The molecular formula is C24H23BrN2O2. The van der Waals surface area contributed by atoms with Crippen LogP contribution in [0.1, 0.15) is 33.7 Å². The van der Waals surface area contributed by atoms with Crippen LogP contribution in [0.4, 0.5) is 5.69 Å². The van der Waals surface area contributed by atoms with Gasteiger partial charge < -0.3 is 9.30 Å². The van der Waals surface area contributed by atoms with Crippen LogP contribution in [0.2, 0.25) is 0 Å². The quantitative estimate of drug-likeness (QED) is 0.434. The lowest BCUT2D eigenvalue weighted by molar-refractivity contribution is -0.188. The largest absolute Gasteiger partial charge is 0.489 e. The van der Waals surface area contributed by atoms with Crippen molar-refractivity contribution in [2.75, 3.05) is 0 Å². The van der Waals surface area contributed by atoms with Gasteiger partial charge in [0.15, 0.2) is 0 Å². The van der Waals surface area contributed by atoms with Crippen molar-refractivity contribution >= 4 is 32.4 Å². The van der Waals surface area contributed by atoms with Gasteiger partial charge in [0.2, 0.25) is 5.69 Å². The summed E-state index contributed by atoms with van der Waals surface area (Å²) in [5.41, 5.74) is 0.100. The second-order valence-corrected chi connectivity index (χ2v) is 9.74. The lowest BCUT2D eigenvalue weighted by atomic mass is 9.49. The van der Waals surface area contributed by atoms with Gasteiger partial charge in [-0.3, -0.25) is 4.79 Å². The fourth-order valence-corrected chi connectivity index (χ4v) is 5.77. The number of ether oxygens (including phenoxy) is 1. The highest BCUT2D eigenvalue weighted by molar-refractivity contribution is 9.10. The molecule has 4 rings (SSSR count). The molecule has 29 heavy (non-hydrogen) atoms. The fraction of sp³-hybridized carbons (Fsp3) is 0.333. The van der Waals surface area contributed by atoms with Gasteiger partial charge in [0, 0.05) is 26.9 Å². The van der Waals surface area contributed by atoms with Crippen molar-refractivity contribution < 1.29 is 4.74 Å². The van der Waals surface area contributed by atoms with Crippen molar-refractivity contribution in [1.82, 2.24) is 4.57 Å². The average molecular weight is 451 g/mol. The summed E-state index contributed by atoms with van der Waals surface area (Å²) < 4.78 is 8.99. The molecular weight excluding hydrogens is 428 g/mol. The standard InChI is InChI=1S/C24H23BrN2O2/c1-23(2)21(27-13-12-15-8-6-7-9-17(15)20(27)28)24(3,4)22(23)29-16-10-11-19(26-5)18(25)14-16/h6-14,21-22H,1-4H3. The van der Waals surface area contributed by atoms with E-state index in [1.54, 1.807) is 6.07 Å². The first-order valence-electron chi connectivity index (χ1n) is 9.61. The maximum Gasteiger partial charge on any atom is 0.258 e. The van der Waals surface area contributed by atoms with Crippen molar-refractivity contribution in [3.05, 3.63) is 81.0 Å². The molecule has 1 heterocycles. The number of fused-ring (bicyclic) bond motifs is 1. The van der Waals surface area contributed by atoms with Gasteiger partial charge in [0.05, 0.1) is 12.6 Å². The van der Waals surface area contributed by atoms with Crippen LogP contribution in [-0.2, 0) is 0 Å². The van der Waals surface area contributed by atoms with Crippen LogP contribution in [0.3, 0.4) is 0 Å². The minimum absolute atomic E-state index is 0.00284. The van der Waals surface area contributed by atoms with E-state index in [0.717, 1.165) is 21.0 Å². The Balaban J connectivity index is 1.70. The Bertz CT molecular complexity index is 1190. The lowest BCUT2D eigenvalue weighted by Crippen LogP contribution is -2.67. The SMILES string of the molecule is [C-]#[N+]c1ccc(OC2C(C)(C)C(n3ccc4ccccc4c3=O)C2(C)C)cc1Br. The Morgan fingerprint density at radius 1 is 1.07 bits per heavy atom. The molecule has 1 saturated carbocycles. The molecule has 0 N–H and O–H groups in total. The zero-order chi connectivity index (χ0) is 21.0. The molecule has 0 unspecified atom stereocenters. The molecule has 0 atom stereocenters. The highest BCUT2D eigenvalue weighted by Crippen LogP contribution is 2.62. The van der Waals surface area contributed by atoms with Gasteiger partial charge in [-0.1, -0.05) is 67.9 Å². The van der Waals surface area contributed by atoms with Crippen LogP contribution >= 0.6 is 15.9 Å². The number of hydrogen-bond acceptors (Lipinski definition) is 2. The maximum atomic E-state index is 13.2. The van der Waals surface area contributed by atoms with Crippen molar-refractivity contribution in [3.63, 3.8) is 0 Å². The molecule has 0 aliphatic heterocycles. The first-order valence-corrected chi connectivity index (χ1v) is 10.4. The van der Waals surface area contributed by atoms with Crippen LogP contribution in [-0.4, -0.2) is 10.7 Å². The molecule has 0 saturated heterocycles. The third kappa shape index (κ3) is 2.98. The van der Waals surface area contributed by atoms with Gasteiger partial charge in [0.25, 0.3) is 5.56 Å². The normalized spacial score (nSPS) is 21.9. The van der Waals surface area contributed by atoms with Crippen molar-refractivity contribution in [1.29, 1.82) is 0 Å². The van der Waals surface area contributed by atoms with E-state index in [-0.39, 0.29) is 28.5 Å². The third-order valence-corrected chi connectivity index (χ3v) is 6.81. The van der Waals surface area contributed by atoms with Crippen molar-refractivity contribution in [3.8, 4) is 5.75 Å². The molecule has 1 aliphatic carbocycles. The van der Waals surface area contributed by atoms with Gasteiger partial charge in [-0.25, -0.2) is 4.85 Å². The third-order valence-electron chi connectivity index (χ3n) is 6.17. The van der Waals surface area contributed by atoms with E-state index in [4.69, 9.17) is 11.3 Å². The number of pyridine rings is 1. The number of nitrogens with zero attached hydrogens (tertiary/aromatic N) is 2. The van der Waals surface area contributed by atoms with Gasteiger partial charge in [0.1, 0.15) is 11.9 Å². The van der Waals surface area contributed by atoms with E-state index in [9.17, 15) is 4.79 Å². The Morgan fingerprint density at radius 2 is 1.76 bits per heavy atom. The molecule has 1 fully saturated rings. The van der Waals surface area contributed by atoms with Crippen LogP contribution in [0, 0.1) is 17.4 Å². The number of hydrogen-bond donors (Lipinski definition) is 0. The first-order chi connectivity index (χ1) is 13.7. The summed E-state index contributed by atoms with van der Waals surface area (Å²) in [5, 5.41) is 1.70. The highest BCUT2D eigenvalue weighted by Gasteiger charge is 2.64.